The Morgan fingerprint density at radius 2 is 1.33 bits per heavy atom. The van der Waals surface area contributed by atoms with Gasteiger partial charge in [0.1, 0.15) is 0 Å². The standard InChI is InChI=1S/C29H23N/c1-2-5-12-23(11-4-1)24-19-21-27(22-20-24)30(26-15-6-3-7-16-26)29-18-10-14-25-13-8-9-17-28(25)29/h1-4,6-22H,5H2. The van der Waals surface area contributed by atoms with Gasteiger partial charge < -0.3 is 4.90 Å². The number of anilines is 3. The summed E-state index contributed by atoms with van der Waals surface area (Å²) in [5, 5.41) is 2.49. The molecule has 0 atom stereocenters. The van der Waals surface area contributed by atoms with Crippen LogP contribution in [0.25, 0.3) is 16.3 Å². The SMILES string of the molecule is C1=CCC=C(c2ccc(N(c3ccccc3)c3cccc4ccccc34)cc2)C=C1. The lowest BCUT2D eigenvalue weighted by atomic mass is 10.0. The van der Waals surface area contributed by atoms with Gasteiger partial charge in [0, 0.05) is 16.8 Å². The first-order valence-electron chi connectivity index (χ1n) is 10.4. The van der Waals surface area contributed by atoms with Crippen LogP contribution in [0.1, 0.15) is 12.0 Å². The summed E-state index contributed by atoms with van der Waals surface area (Å²) in [6, 6.07) is 34.5. The molecule has 0 amide bonds. The Labute approximate surface area is 177 Å². The smallest absolute Gasteiger partial charge is 0.0540 e. The van der Waals surface area contributed by atoms with E-state index in [0.29, 0.717) is 0 Å². The van der Waals surface area contributed by atoms with Crippen LogP contribution >= 0.6 is 0 Å². The summed E-state index contributed by atoms with van der Waals surface area (Å²) < 4.78 is 0. The fraction of sp³-hybridized carbons (Fsp3) is 0.0345. The van der Waals surface area contributed by atoms with Crippen LogP contribution in [0.4, 0.5) is 17.1 Å². The summed E-state index contributed by atoms with van der Waals surface area (Å²) in [4.78, 5) is 2.34. The predicted molar refractivity (Wildman–Crippen MR) is 130 cm³/mol. The van der Waals surface area contributed by atoms with Gasteiger partial charge in [0.2, 0.25) is 0 Å². The highest BCUT2D eigenvalue weighted by atomic mass is 15.1. The number of para-hydroxylation sites is 1. The van der Waals surface area contributed by atoms with E-state index in [1.165, 1.54) is 27.6 Å². The van der Waals surface area contributed by atoms with E-state index in [4.69, 9.17) is 0 Å². The largest absolute Gasteiger partial charge is 0.310 e. The number of rotatable bonds is 4. The molecule has 1 aliphatic rings. The molecule has 1 aliphatic carbocycles. The van der Waals surface area contributed by atoms with Crippen molar-refractivity contribution in [3.8, 4) is 0 Å². The summed E-state index contributed by atoms with van der Waals surface area (Å²) in [6.07, 6.45) is 11.8. The van der Waals surface area contributed by atoms with Gasteiger partial charge in [-0.2, -0.15) is 0 Å². The van der Waals surface area contributed by atoms with E-state index in [1.807, 2.05) is 0 Å². The van der Waals surface area contributed by atoms with E-state index in [2.05, 4.69) is 132 Å². The van der Waals surface area contributed by atoms with E-state index in [9.17, 15) is 0 Å². The second-order valence-corrected chi connectivity index (χ2v) is 7.40. The first-order chi connectivity index (χ1) is 14.9. The maximum Gasteiger partial charge on any atom is 0.0540 e. The van der Waals surface area contributed by atoms with Gasteiger partial charge in [-0.05, 0) is 53.3 Å². The highest BCUT2D eigenvalue weighted by Gasteiger charge is 2.15. The van der Waals surface area contributed by atoms with Gasteiger partial charge >= 0.3 is 0 Å². The third-order valence-corrected chi connectivity index (χ3v) is 5.48. The molecule has 0 fully saturated rings. The van der Waals surface area contributed by atoms with Crippen LogP contribution in [0.2, 0.25) is 0 Å². The quantitative estimate of drug-likeness (QED) is 0.342. The van der Waals surface area contributed by atoms with E-state index in [-0.39, 0.29) is 0 Å². The van der Waals surface area contributed by atoms with E-state index >= 15 is 0 Å². The van der Waals surface area contributed by atoms with Gasteiger partial charge in [-0.15, -0.1) is 0 Å². The Balaban J connectivity index is 1.62. The van der Waals surface area contributed by atoms with Gasteiger partial charge in [0.25, 0.3) is 0 Å². The van der Waals surface area contributed by atoms with Crippen LogP contribution in [0.15, 0.2) is 127 Å². The normalized spacial score (nSPS) is 13.1. The van der Waals surface area contributed by atoms with Crippen molar-refractivity contribution in [3.05, 3.63) is 133 Å². The van der Waals surface area contributed by atoms with Crippen molar-refractivity contribution in [1.82, 2.24) is 0 Å². The minimum absolute atomic E-state index is 0.968. The van der Waals surface area contributed by atoms with Crippen molar-refractivity contribution >= 4 is 33.4 Å². The Morgan fingerprint density at radius 1 is 0.600 bits per heavy atom. The fourth-order valence-corrected chi connectivity index (χ4v) is 4.00. The summed E-state index contributed by atoms with van der Waals surface area (Å²) in [5.41, 5.74) is 5.99. The molecule has 1 nitrogen and oxygen atoms in total. The molecular weight excluding hydrogens is 362 g/mol. The lowest BCUT2D eigenvalue weighted by molar-refractivity contribution is 1.29. The second-order valence-electron chi connectivity index (χ2n) is 7.40. The summed E-state index contributed by atoms with van der Waals surface area (Å²) in [6.45, 7) is 0. The third-order valence-electron chi connectivity index (χ3n) is 5.48. The first-order valence-corrected chi connectivity index (χ1v) is 10.4. The monoisotopic (exact) mass is 385 g/mol. The summed E-state index contributed by atoms with van der Waals surface area (Å²) in [5.74, 6) is 0. The highest BCUT2D eigenvalue weighted by molar-refractivity contribution is 5.98. The van der Waals surface area contributed by atoms with Gasteiger partial charge in [0.05, 0.1) is 5.69 Å². The number of hydrogen-bond donors (Lipinski definition) is 0. The predicted octanol–water partition coefficient (Wildman–Crippen LogP) is 8.21. The minimum Gasteiger partial charge on any atom is -0.310 e. The maximum absolute atomic E-state index is 2.34. The maximum atomic E-state index is 2.34. The van der Waals surface area contributed by atoms with Crippen LogP contribution in [0.5, 0.6) is 0 Å². The number of fused-ring (bicyclic) bond motifs is 1. The van der Waals surface area contributed by atoms with Gasteiger partial charge in [0.15, 0.2) is 0 Å². The molecule has 0 radical (unpaired) electrons. The van der Waals surface area contributed by atoms with Crippen molar-refractivity contribution < 1.29 is 0 Å². The molecule has 0 bridgehead atoms. The van der Waals surface area contributed by atoms with Crippen LogP contribution in [-0.4, -0.2) is 0 Å². The van der Waals surface area contributed by atoms with Crippen LogP contribution in [0, 0.1) is 0 Å². The molecule has 0 saturated heterocycles. The van der Waals surface area contributed by atoms with Crippen molar-refractivity contribution in [1.29, 1.82) is 0 Å². The minimum atomic E-state index is 0.968. The molecule has 144 valence electrons. The summed E-state index contributed by atoms with van der Waals surface area (Å²) in [7, 11) is 0. The molecule has 0 heterocycles. The molecule has 30 heavy (non-hydrogen) atoms. The van der Waals surface area contributed by atoms with E-state index in [0.717, 1.165) is 17.8 Å². The highest BCUT2D eigenvalue weighted by Crippen LogP contribution is 2.39. The fourth-order valence-electron chi connectivity index (χ4n) is 4.00. The van der Waals surface area contributed by atoms with Crippen LogP contribution in [0.3, 0.4) is 0 Å². The van der Waals surface area contributed by atoms with Crippen LogP contribution < -0.4 is 4.90 Å². The number of benzene rings is 4. The average Bonchev–Trinajstić information content (AvgIpc) is 3.10. The van der Waals surface area contributed by atoms with Crippen molar-refractivity contribution in [2.45, 2.75) is 6.42 Å². The first kappa shape index (κ1) is 18.2. The second kappa shape index (κ2) is 8.26. The Kier molecular flexibility index (Phi) is 5.01. The topological polar surface area (TPSA) is 3.24 Å². The molecule has 0 unspecified atom stereocenters. The molecule has 0 spiro atoms. The third kappa shape index (κ3) is 3.58. The Hall–Kier alpha value is -3.84. The Bertz CT molecular complexity index is 1240. The molecule has 0 aliphatic heterocycles. The molecule has 1 heteroatoms. The zero-order valence-corrected chi connectivity index (χ0v) is 16.8. The molecule has 5 rings (SSSR count). The molecule has 0 aromatic heterocycles. The zero-order chi connectivity index (χ0) is 20.2. The number of nitrogens with zero attached hydrogens (tertiary/aromatic N) is 1. The van der Waals surface area contributed by atoms with Crippen LogP contribution in [-0.2, 0) is 0 Å². The van der Waals surface area contributed by atoms with Crippen molar-refractivity contribution in [2.75, 3.05) is 4.90 Å². The van der Waals surface area contributed by atoms with Gasteiger partial charge in [-0.3, -0.25) is 0 Å². The number of allylic oxidation sites excluding steroid dienone is 6. The van der Waals surface area contributed by atoms with E-state index < -0.39 is 0 Å². The lowest BCUT2D eigenvalue weighted by Gasteiger charge is -2.27. The summed E-state index contributed by atoms with van der Waals surface area (Å²) >= 11 is 0. The molecule has 4 aromatic rings. The number of hydrogen-bond acceptors (Lipinski definition) is 1. The van der Waals surface area contributed by atoms with Crippen molar-refractivity contribution in [2.24, 2.45) is 0 Å². The van der Waals surface area contributed by atoms with Crippen molar-refractivity contribution in [3.63, 3.8) is 0 Å². The zero-order valence-electron chi connectivity index (χ0n) is 16.8. The molecular formula is C29H23N. The van der Waals surface area contributed by atoms with Gasteiger partial charge in [-0.1, -0.05) is 97.1 Å². The molecule has 0 saturated carbocycles. The average molecular weight is 386 g/mol. The molecule has 4 aromatic carbocycles. The van der Waals surface area contributed by atoms with E-state index in [1.54, 1.807) is 0 Å². The molecule has 0 N–H and O–H groups in total. The Morgan fingerprint density at radius 3 is 2.20 bits per heavy atom. The lowest BCUT2D eigenvalue weighted by Crippen LogP contribution is -2.10. The van der Waals surface area contributed by atoms with Gasteiger partial charge in [-0.25, -0.2) is 0 Å².